The molecule has 1 heterocycles. The second-order valence-corrected chi connectivity index (χ2v) is 5.93. The van der Waals surface area contributed by atoms with Crippen LogP contribution in [0.3, 0.4) is 0 Å². The highest BCUT2D eigenvalue weighted by Gasteiger charge is 2.02. The van der Waals surface area contributed by atoms with Crippen LogP contribution in [-0.4, -0.2) is 0 Å². The third-order valence-corrected chi connectivity index (χ3v) is 4.04. The van der Waals surface area contributed by atoms with Crippen molar-refractivity contribution in [2.24, 2.45) is 0 Å². The van der Waals surface area contributed by atoms with E-state index in [0.29, 0.717) is 0 Å². The number of hydrogen-bond acceptors (Lipinski definition) is 2. The standard InChI is InChI=1S/C15H19NS/c1-11-6-4-5-7-14(11)9-16-10-15-8-12(2)17-13(15)3/h4-8,16H,9-10H2,1-3H3. The fourth-order valence-corrected chi connectivity index (χ4v) is 2.95. The Morgan fingerprint density at radius 2 is 1.71 bits per heavy atom. The Hall–Kier alpha value is -1.12. The van der Waals surface area contributed by atoms with Gasteiger partial charge in [0.2, 0.25) is 0 Å². The average Bonchev–Trinajstić information content (AvgIpc) is 2.60. The number of aryl methyl sites for hydroxylation is 3. The van der Waals surface area contributed by atoms with Gasteiger partial charge in [0.05, 0.1) is 0 Å². The van der Waals surface area contributed by atoms with E-state index < -0.39 is 0 Å². The number of thiophene rings is 1. The summed E-state index contributed by atoms with van der Waals surface area (Å²) in [5, 5.41) is 3.52. The summed E-state index contributed by atoms with van der Waals surface area (Å²) in [7, 11) is 0. The van der Waals surface area contributed by atoms with Gasteiger partial charge in [0, 0.05) is 22.8 Å². The van der Waals surface area contributed by atoms with Gasteiger partial charge in [-0.1, -0.05) is 24.3 Å². The molecule has 2 heteroatoms. The Bertz CT molecular complexity index is 499. The van der Waals surface area contributed by atoms with Gasteiger partial charge in [-0.25, -0.2) is 0 Å². The van der Waals surface area contributed by atoms with Crippen LogP contribution in [0.5, 0.6) is 0 Å². The summed E-state index contributed by atoms with van der Waals surface area (Å²) >= 11 is 1.88. The molecule has 0 aliphatic rings. The van der Waals surface area contributed by atoms with Crippen molar-refractivity contribution in [1.29, 1.82) is 0 Å². The van der Waals surface area contributed by atoms with Crippen LogP contribution in [0.15, 0.2) is 30.3 Å². The van der Waals surface area contributed by atoms with Crippen molar-refractivity contribution >= 4 is 11.3 Å². The summed E-state index contributed by atoms with van der Waals surface area (Å²) in [6, 6.07) is 10.8. The van der Waals surface area contributed by atoms with Crippen molar-refractivity contribution in [3.8, 4) is 0 Å². The number of nitrogens with one attached hydrogen (secondary N) is 1. The van der Waals surface area contributed by atoms with Gasteiger partial charge in [0.1, 0.15) is 0 Å². The molecule has 2 aromatic rings. The molecular weight excluding hydrogens is 226 g/mol. The molecule has 0 spiro atoms. The molecule has 0 saturated heterocycles. The molecule has 90 valence electrons. The lowest BCUT2D eigenvalue weighted by Gasteiger charge is -2.07. The molecule has 0 amide bonds. The third kappa shape index (κ3) is 3.18. The van der Waals surface area contributed by atoms with Crippen LogP contribution in [0, 0.1) is 20.8 Å². The van der Waals surface area contributed by atoms with Gasteiger partial charge in [-0.3, -0.25) is 0 Å². The summed E-state index contributed by atoms with van der Waals surface area (Å²) in [5.41, 5.74) is 4.18. The summed E-state index contributed by atoms with van der Waals surface area (Å²) in [6.07, 6.45) is 0. The first-order valence-electron chi connectivity index (χ1n) is 5.98. The predicted octanol–water partition coefficient (Wildman–Crippen LogP) is 3.96. The molecule has 0 fully saturated rings. The van der Waals surface area contributed by atoms with Crippen molar-refractivity contribution in [2.75, 3.05) is 0 Å². The van der Waals surface area contributed by atoms with Crippen LogP contribution in [-0.2, 0) is 13.1 Å². The van der Waals surface area contributed by atoms with E-state index in [2.05, 4.69) is 56.4 Å². The summed E-state index contributed by atoms with van der Waals surface area (Å²) in [4.78, 5) is 2.83. The van der Waals surface area contributed by atoms with Crippen LogP contribution < -0.4 is 5.32 Å². The lowest BCUT2D eigenvalue weighted by molar-refractivity contribution is 0.690. The average molecular weight is 245 g/mol. The molecule has 0 atom stereocenters. The van der Waals surface area contributed by atoms with Crippen LogP contribution in [0.25, 0.3) is 0 Å². The SMILES string of the molecule is Cc1cc(CNCc2ccccc2C)c(C)s1. The fourth-order valence-electron chi connectivity index (χ4n) is 2.00. The quantitative estimate of drug-likeness (QED) is 0.859. The summed E-state index contributed by atoms with van der Waals surface area (Å²) in [6.45, 7) is 8.44. The maximum Gasteiger partial charge on any atom is 0.0219 e. The highest BCUT2D eigenvalue weighted by Crippen LogP contribution is 2.20. The van der Waals surface area contributed by atoms with Gasteiger partial charge >= 0.3 is 0 Å². The molecule has 0 unspecified atom stereocenters. The Kier molecular flexibility index (Phi) is 3.97. The summed E-state index contributed by atoms with van der Waals surface area (Å²) < 4.78 is 0. The van der Waals surface area contributed by atoms with E-state index in [4.69, 9.17) is 0 Å². The van der Waals surface area contributed by atoms with E-state index in [1.54, 1.807) is 0 Å². The van der Waals surface area contributed by atoms with E-state index in [1.165, 1.54) is 26.4 Å². The predicted molar refractivity (Wildman–Crippen MR) is 75.5 cm³/mol. The van der Waals surface area contributed by atoms with E-state index in [1.807, 2.05) is 11.3 Å². The maximum absolute atomic E-state index is 3.52. The van der Waals surface area contributed by atoms with Crippen molar-refractivity contribution in [2.45, 2.75) is 33.9 Å². The smallest absolute Gasteiger partial charge is 0.0219 e. The topological polar surface area (TPSA) is 12.0 Å². The van der Waals surface area contributed by atoms with E-state index >= 15 is 0 Å². The van der Waals surface area contributed by atoms with Crippen LogP contribution in [0.1, 0.15) is 26.4 Å². The number of hydrogen-bond donors (Lipinski definition) is 1. The molecule has 0 aliphatic heterocycles. The Morgan fingerprint density at radius 1 is 1.00 bits per heavy atom. The van der Waals surface area contributed by atoms with E-state index in [-0.39, 0.29) is 0 Å². The zero-order chi connectivity index (χ0) is 12.3. The Balaban J connectivity index is 1.92. The molecule has 2 rings (SSSR count). The van der Waals surface area contributed by atoms with Gasteiger partial charge in [0.25, 0.3) is 0 Å². The van der Waals surface area contributed by atoms with Gasteiger partial charge in [-0.2, -0.15) is 0 Å². The van der Waals surface area contributed by atoms with Crippen molar-refractivity contribution < 1.29 is 0 Å². The van der Waals surface area contributed by atoms with Gasteiger partial charge in [-0.05, 0) is 43.5 Å². The normalized spacial score (nSPS) is 10.8. The maximum atomic E-state index is 3.52. The van der Waals surface area contributed by atoms with Crippen molar-refractivity contribution in [1.82, 2.24) is 5.32 Å². The van der Waals surface area contributed by atoms with Gasteiger partial charge in [-0.15, -0.1) is 11.3 Å². The van der Waals surface area contributed by atoms with Crippen LogP contribution in [0.4, 0.5) is 0 Å². The first-order valence-corrected chi connectivity index (χ1v) is 6.79. The first-order chi connectivity index (χ1) is 8.16. The highest BCUT2D eigenvalue weighted by atomic mass is 32.1. The third-order valence-electron chi connectivity index (χ3n) is 3.04. The van der Waals surface area contributed by atoms with Crippen LogP contribution in [0.2, 0.25) is 0 Å². The van der Waals surface area contributed by atoms with Crippen LogP contribution >= 0.6 is 11.3 Å². The molecule has 17 heavy (non-hydrogen) atoms. The second-order valence-electron chi connectivity index (χ2n) is 4.47. The highest BCUT2D eigenvalue weighted by molar-refractivity contribution is 7.12. The molecule has 1 nitrogen and oxygen atoms in total. The largest absolute Gasteiger partial charge is 0.309 e. The van der Waals surface area contributed by atoms with Crippen molar-refractivity contribution in [3.05, 3.63) is 56.8 Å². The molecule has 1 N–H and O–H groups in total. The van der Waals surface area contributed by atoms with E-state index in [9.17, 15) is 0 Å². The van der Waals surface area contributed by atoms with E-state index in [0.717, 1.165) is 13.1 Å². The molecule has 0 bridgehead atoms. The number of benzene rings is 1. The Labute approximate surface area is 108 Å². The lowest BCUT2D eigenvalue weighted by atomic mass is 10.1. The molecule has 1 aromatic carbocycles. The lowest BCUT2D eigenvalue weighted by Crippen LogP contribution is -2.13. The number of rotatable bonds is 4. The monoisotopic (exact) mass is 245 g/mol. The molecule has 0 radical (unpaired) electrons. The van der Waals surface area contributed by atoms with Gasteiger partial charge in [0.15, 0.2) is 0 Å². The molecule has 0 aliphatic carbocycles. The fraction of sp³-hybridized carbons (Fsp3) is 0.333. The molecular formula is C15H19NS. The first kappa shape index (κ1) is 12.3. The van der Waals surface area contributed by atoms with Crippen molar-refractivity contribution in [3.63, 3.8) is 0 Å². The molecule has 0 saturated carbocycles. The minimum atomic E-state index is 0.945. The minimum Gasteiger partial charge on any atom is -0.309 e. The Morgan fingerprint density at radius 3 is 2.35 bits per heavy atom. The van der Waals surface area contributed by atoms with Gasteiger partial charge < -0.3 is 5.32 Å². The minimum absolute atomic E-state index is 0.945. The summed E-state index contributed by atoms with van der Waals surface area (Å²) in [5.74, 6) is 0. The zero-order valence-electron chi connectivity index (χ0n) is 10.7. The second kappa shape index (κ2) is 5.48. The zero-order valence-corrected chi connectivity index (χ0v) is 11.5. The molecule has 1 aromatic heterocycles.